The summed E-state index contributed by atoms with van der Waals surface area (Å²) in [4.78, 5) is 24.3. The summed E-state index contributed by atoms with van der Waals surface area (Å²) in [6.07, 6.45) is 4.21. The van der Waals surface area contributed by atoms with Crippen molar-refractivity contribution in [1.29, 1.82) is 0 Å². The van der Waals surface area contributed by atoms with Crippen LogP contribution in [-0.2, 0) is 11.3 Å². The summed E-state index contributed by atoms with van der Waals surface area (Å²) in [5.41, 5.74) is 0.812. The van der Waals surface area contributed by atoms with Crippen LogP contribution in [0.3, 0.4) is 0 Å². The van der Waals surface area contributed by atoms with Crippen LogP contribution in [0.2, 0.25) is 0 Å². The highest BCUT2D eigenvalue weighted by Gasteiger charge is 2.21. The lowest BCUT2D eigenvalue weighted by Crippen LogP contribution is -2.31. The SMILES string of the molecule is CC(C)Sc1nc(N2CCCC2)c2cnn(CCNC(=O)COc3ccc4ccccc4c3)c2n1. The van der Waals surface area contributed by atoms with E-state index in [4.69, 9.17) is 14.7 Å². The van der Waals surface area contributed by atoms with Crippen LogP contribution in [0.4, 0.5) is 5.82 Å². The van der Waals surface area contributed by atoms with Crippen molar-refractivity contribution in [3.05, 3.63) is 48.7 Å². The van der Waals surface area contributed by atoms with Crippen LogP contribution in [0.15, 0.2) is 53.8 Å². The molecule has 0 saturated carbocycles. The van der Waals surface area contributed by atoms with Gasteiger partial charge in [-0.2, -0.15) is 5.10 Å². The normalized spacial score (nSPS) is 13.7. The predicted molar refractivity (Wildman–Crippen MR) is 140 cm³/mol. The molecule has 2 aromatic heterocycles. The number of hydrogen-bond acceptors (Lipinski definition) is 7. The van der Waals surface area contributed by atoms with Crippen LogP contribution in [-0.4, -0.2) is 57.1 Å². The average Bonchev–Trinajstić information content (AvgIpc) is 3.53. The second-order valence-corrected chi connectivity index (χ2v) is 10.5. The van der Waals surface area contributed by atoms with Crippen LogP contribution in [0.25, 0.3) is 21.8 Å². The fourth-order valence-electron chi connectivity index (χ4n) is 4.28. The highest BCUT2D eigenvalue weighted by atomic mass is 32.2. The van der Waals surface area contributed by atoms with Gasteiger partial charge in [0, 0.05) is 24.9 Å². The van der Waals surface area contributed by atoms with E-state index in [1.807, 2.05) is 53.3 Å². The lowest BCUT2D eigenvalue weighted by molar-refractivity contribution is -0.123. The number of carbonyl (C=O) groups is 1. The number of ether oxygens (including phenoxy) is 1. The summed E-state index contributed by atoms with van der Waals surface area (Å²) >= 11 is 1.66. The van der Waals surface area contributed by atoms with Gasteiger partial charge in [0.15, 0.2) is 17.4 Å². The molecule has 182 valence electrons. The Morgan fingerprint density at radius 1 is 1.11 bits per heavy atom. The minimum atomic E-state index is -0.168. The molecule has 0 unspecified atom stereocenters. The zero-order chi connectivity index (χ0) is 24.2. The number of anilines is 1. The van der Waals surface area contributed by atoms with Gasteiger partial charge in [-0.1, -0.05) is 55.9 Å². The van der Waals surface area contributed by atoms with Gasteiger partial charge in [-0.15, -0.1) is 0 Å². The smallest absolute Gasteiger partial charge is 0.258 e. The Morgan fingerprint density at radius 2 is 1.91 bits per heavy atom. The van der Waals surface area contributed by atoms with Crippen molar-refractivity contribution in [2.45, 2.75) is 43.6 Å². The van der Waals surface area contributed by atoms with Crippen molar-refractivity contribution in [3.63, 3.8) is 0 Å². The predicted octanol–water partition coefficient (Wildman–Crippen LogP) is 4.28. The van der Waals surface area contributed by atoms with E-state index in [0.29, 0.717) is 24.1 Å². The maximum atomic E-state index is 12.4. The molecule has 1 aliphatic rings. The van der Waals surface area contributed by atoms with Crippen molar-refractivity contribution in [1.82, 2.24) is 25.1 Å². The minimum Gasteiger partial charge on any atom is -0.484 e. The maximum absolute atomic E-state index is 12.4. The highest BCUT2D eigenvalue weighted by Crippen LogP contribution is 2.30. The first-order valence-corrected chi connectivity index (χ1v) is 13.0. The Labute approximate surface area is 209 Å². The van der Waals surface area contributed by atoms with Crippen LogP contribution in [0.1, 0.15) is 26.7 Å². The number of benzene rings is 2. The molecule has 0 bridgehead atoms. The first-order valence-electron chi connectivity index (χ1n) is 12.1. The summed E-state index contributed by atoms with van der Waals surface area (Å²) in [6, 6.07) is 13.9. The third kappa shape index (κ3) is 5.51. The molecule has 5 rings (SSSR count). The standard InChI is InChI=1S/C26H30N6O2S/c1-18(2)35-26-29-24(31-12-5-6-13-31)22-16-28-32(25(22)30-26)14-11-27-23(33)17-34-21-10-9-19-7-3-4-8-20(19)15-21/h3-4,7-10,15-16,18H,5-6,11-14,17H2,1-2H3,(H,27,33). The fraction of sp³-hybridized carbons (Fsp3) is 0.385. The summed E-state index contributed by atoms with van der Waals surface area (Å²) in [5, 5.41) is 11.8. The van der Waals surface area contributed by atoms with E-state index in [-0.39, 0.29) is 12.5 Å². The van der Waals surface area contributed by atoms with E-state index >= 15 is 0 Å². The number of rotatable bonds is 9. The van der Waals surface area contributed by atoms with Crippen LogP contribution in [0.5, 0.6) is 5.75 Å². The number of nitrogens with zero attached hydrogens (tertiary/aromatic N) is 5. The highest BCUT2D eigenvalue weighted by molar-refractivity contribution is 7.99. The number of amides is 1. The minimum absolute atomic E-state index is 0.0331. The molecule has 4 aromatic rings. The third-order valence-electron chi connectivity index (χ3n) is 5.94. The van der Waals surface area contributed by atoms with Gasteiger partial charge in [0.25, 0.3) is 5.91 Å². The fourth-order valence-corrected chi connectivity index (χ4v) is 4.98. The second kappa shape index (κ2) is 10.5. The maximum Gasteiger partial charge on any atom is 0.258 e. The monoisotopic (exact) mass is 490 g/mol. The lowest BCUT2D eigenvalue weighted by atomic mass is 10.1. The van der Waals surface area contributed by atoms with Gasteiger partial charge in [-0.25, -0.2) is 14.6 Å². The average molecular weight is 491 g/mol. The molecule has 0 spiro atoms. The Hall–Kier alpha value is -3.33. The molecule has 1 amide bonds. The first-order chi connectivity index (χ1) is 17.1. The van der Waals surface area contributed by atoms with Crippen LogP contribution < -0.4 is 15.0 Å². The van der Waals surface area contributed by atoms with Gasteiger partial charge < -0.3 is 15.0 Å². The molecule has 0 atom stereocenters. The molecule has 1 saturated heterocycles. The lowest BCUT2D eigenvalue weighted by Gasteiger charge is -2.18. The van der Waals surface area contributed by atoms with Gasteiger partial charge >= 0.3 is 0 Å². The van der Waals surface area contributed by atoms with Gasteiger partial charge in [0.2, 0.25) is 0 Å². The molecular weight excluding hydrogens is 460 g/mol. The Kier molecular flexibility index (Phi) is 7.03. The summed E-state index contributed by atoms with van der Waals surface area (Å²) in [6.45, 7) is 7.22. The van der Waals surface area contributed by atoms with Crippen LogP contribution >= 0.6 is 11.8 Å². The third-order valence-corrected chi connectivity index (χ3v) is 6.80. The molecular formula is C26H30N6O2S. The number of nitrogens with one attached hydrogen (secondary N) is 1. The molecule has 2 aromatic carbocycles. The molecule has 9 heteroatoms. The van der Waals surface area contributed by atoms with E-state index < -0.39 is 0 Å². The Morgan fingerprint density at radius 3 is 2.71 bits per heavy atom. The van der Waals surface area contributed by atoms with Crippen LogP contribution in [0, 0.1) is 0 Å². The molecule has 0 aliphatic carbocycles. The van der Waals surface area contributed by atoms with E-state index in [1.165, 1.54) is 12.8 Å². The summed E-state index contributed by atoms with van der Waals surface area (Å²) in [7, 11) is 0. The number of carbonyl (C=O) groups excluding carboxylic acids is 1. The topological polar surface area (TPSA) is 85.2 Å². The van der Waals surface area contributed by atoms with E-state index in [9.17, 15) is 4.79 Å². The largest absolute Gasteiger partial charge is 0.484 e. The van der Waals surface area contributed by atoms with Crippen molar-refractivity contribution >= 4 is 45.3 Å². The van der Waals surface area contributed by atoms with Gasteiger partial charge in [-0.05, 0) is 35.7 Å². The van der Waals surface area contributed by atoms with Gasteiger partial charge in [0.05, 0.1) is 18.1 Å². The summed E-state index contributed by atoms with van der Waals surface area (Å²) < 4.78 is 7.55. The zero-order valence-electron chi connectivity index (χ0n) is 20.1. The second-order valence-electron chi connectivity index (χ2n) is 8.94. The quantitative estimate of drug-likeness (QED) is 0.277. The van der Waals surface area contributed by atoms with Crippen molar-refractivity contribution in [3.8, 4) is 5.75 Å². The number of hydrogen-bond donors (Lipinski definition) is 1. The summed E-state index contributed by atoms with van der Waals surface area (Å²) in [5.74, 6) is 1.48. The van der Waals surface area contributed by atoms with E-state index in [2.05, 4.69) is 29.2 Å². The van der Waals surface area contributed by atoms with Gasteiger partial charge in [-0.3, -0.25) is 4.79 Å². The van der Waals surface area contributed by atoms with Crippen molar-refractivity contribution < 1.29 is 9.53 Å². The molecule has 0 radical (unpaired) electrons. The first kappa shape index (κ1) is 23.4. The number of fused-ring (bicyclic) bond motifs is 2. The molecule has 1 aliphatic heterocycles. The van der Waals surface area contributed by atoms with Crippen molar-refractivity contribution in [2.24, 2.45) is 0 Å². The molecule has 3 heterocycles. The van der Waals surface area contributed by atoms with E-state index in [0.717, 1.165) is 45.9 Å². The van der Waals surface area contributed by atoms with Gasteiger partial charge in [0.1, 0.15) is 11.6 Å². The Balaban J connectivity index is 1.22. The molecule has 1 fully saturated rings. The zero-order valence-corrected chi connectivity index (χ0v) is 20.9. The molecule has 8 nitrogen and oxygen atoms in total. The molecule has 1 N–H and O–H groups in total. The van der Waals surface area contributed by atoms with Crippen molar-refractivity contribution in [2.75, 3.05) is 31.1 Å². The number of thioether (sulfide) groups is 1. The molecule has 35 heavy (non-hydrogen) atoms. The van der Waals surface area contributed by atoms with E-state index in [1.54, 1.807) is 11.8 Å². The number of aromatic nitrogens is 4. The Bertz CT molecular complexity index is 1330.